The average molecular weight is 257 g/mol. The summed E-state index contributed by atoms with van der Waals surface area (Å²) in [4.78, 5) is 0. The Hall–Kier alpha value is -2.59. The minimum atomic E-state index is -0.0954. The largest absolute Gasteiger partial charge is 0.198 e. The zero-order valence-electron chi connectivity index (χ0n) is 11.2. The first-order chi connectivity index (χ1) is 9.88. The zero-order chi connectivity index (χ0) is 13.8. The van der Waals surface area contributed by atoms with Crippen LogP contribution in [0.5, 0.6) is 0 Å². The van der Waals surface area contributed by atoms with E-state index in [0.29, 0.717) is 0 Å². The summed E-state index contributed by atoms with van der Waals surface area (Å²) in [5.41, 5.74) is 2.32. The monoisotopic (exact) mass is 257 g/mol. The third-order valence-corrected chi connectivity index (χ3v) is 3.66. The van der Waals surface area contributed by atoms with Crippen molar-refractivity contribution < 1.29 is 0 Å². The van der Waals surface area contributed by atoms with Crippen molar-refractivity contribution in [3.05, 3.63) is 83.9 Å². The van der Waals surface area contributed by atoms with Crippen LogP contribution in [-0.4, -0.2) is 0 Å². The van der Waals surface area contributed by atoms with Crippen molar-refractivity contribution in [2.75, 3.05) is 0 Å². The average Bonchev–Trinajstić information content (AvgIpc) is 2.53. The molecule has 1 nitrogen and oxygen atoms in total. The molecule has 0 saturated heterocycles. The number of hydrogen-bond donors (Lipinski definition) is 0. The van der Waals surface area contributed by atoms with E-state index in [9.17, 15) is 5.26 Å². The van der Waals surface area contributed by atoms with Gasteiger partial charge in [-0.15, -0.1) is 0 Å². The lowest BCUT2D eigenvalue weighted by Gasteiger charge is -2.11. The van der Waals surface area contributed by atoms with E-state index in [1.165, 1.54) is 16.3 Å². The lowest BCUT2D eigenvalue weighted by Crippen LogP contribution is -2.00. The molecule has 0 aliphatic rings. The third kappa shape index (κ3) is 2.41. The summed E-state index contributed by atoms with van der Waals surface area (Å²) < 4.78 is 0. The summed E-state index contributed by atoms with van der Waals surface area (Å²) in [6, 6.07) is 27.1. The quantitative estimate of drug-likeness (QED) is 0.667. The van der Waals surface area contributed by atoms with Crippen LogP contribution in [0.15, 0.2) is 72.8 Å². The Balaban J connectivity index is 1.99. The fourth-order valence-corrected chi connectivity index (χ4v) is 2.61. The SMILES string of the molecule is N#CC(Cc1cccc2ccccc12)c1ccccc1. The van der Waals surface area contributed by atoms with Crippen molar-refractivity contribution in [2.45, 2.75) is 12.3 Å². The molecular weight excluding hydrogens is 242 g/mol. The molecule has 1 heteroatoms. The summed E-state index contributed by atoms with van der Waals surface area (Å²) in [7, 11) is 0. The highest BCUT2D eigenvalue weighted by Crippen LogP contribution is 2.25. The molecule has 0 aliphatic carbocycles. The molecule has 20 heavy (non-hydrogen) atoms. The van der Waals surface area contributed by atoms with Gasteiger partial charge in [-0.2, -0.15) is 5.26 Å². The molecule has 0 spiro atoms. The number of fused-ring (bicyclic) bond motifs is 1. The van der Waals surface area contributed by atoms with E-state index in [1.54, 1.807) is 0 Å². The first-order valence-electron chi connectivity index (χ1n) is 6.79. The molecule has 1 unspecified atom stereocenters. The van der Waals surface area contributed by atoms with Gasteiger partial charge in [-0.25, -0.2) is 0 Å². The number of nitrogens with zero attached hydrogens (tertiary/aromatic N) is 1. The summed E-state index contributed by atoms with van der Waals surface area (Å²) in [6.07, 6.45) is 0.752. The lowest BCUT2D eigenvalue weighted by molar-refractivity contribution is 0.855. The molecule has 0 saturated carbocycles. The maximum Gasteiger partial charge on any atom is 0.0753 e. The minimum Gasteiger partial charge on any atom is -0.198 e. The van der Waals surface area contributed by atoms with Crippen LogP contribution in [0.25, 0.3) is 10.8 Å². The first kappa shape index (κ1) is 12.4. The van der Waals surface area contributed by atoms with E-state index < -0.39 is 0 Å². The van der Waals surface area contributed by atoms with Crippen LogP contribution in [0.3, 0.4) is 0 Å². The Kier molecular flexibility index (Phi) is 3.48. The smallest absolute Gasteiger partial charge is 0.0753 e. The van der Waals surface area contributed by atoms with Gasteiger partial charge >= 0.3 is 0 Å². The fraction of sp³-hybridized carbons (Fsp3) is 0.105. The predicted octanol–water partition coefficient (Wildman–Crippen LogP) is 4.69. The lowest BCUT2D eigenvalue weighted by atomic mass is 9.91. The van der Waals surface area contributed by atoms with Crippen molar-refractivity contribution in [3.63, 3.8) is 0 Å². The molecule has 1 atom stereocenters. The van der Waals surface area contributed by atoms with Crippen molar-refractivity contribution in [1.29, 1.82) is 5.26 Å². The van der Waals surface area contributed by atoms with Gasteiger partial charge in [0.15, 0.2) is 0 Å². The van der Waals surface area contributed by atoms with Gasteiger partial charge in [0.05, 0.1) is 12.0 Å². The van der Waals surface area contributed by atoms with Crippen molar-refractivity contribution >= 4 is 10.8 Å². The second-order valence-corrected chi connectivity index (χ2v) is 4.93. The van der Waals surface area contributed by atoms with Crippen molar-refractivity contribution in [1.82, 2.24) is 0 Å². The fourth-order valence-electron chi connectivity index (χ4n) is 2.61. The molecule has 96 valence electrons. The van der Waals surface area contributed by atoms with E-state index in [2.05, 4.69) is 42.5 Å². The molecule has 0 amide bonds. The Morgan fingerprint density at radius 1 is 0.800 bits per heavy atom. The topological polar surface area (TPSA) is 23.8 Å². The van der Waals surface area contributed by atoms with Crippen LogP contribution in [-0.2, 0) is 6.42 Å². The molecule has 3 rings (SSSR count). The van der Waals surface area contributed by atoms with Gasteiger partial charge in [0.1, 0.15) is 0 Å². The van der Waals surface area contributed by atoms with Crippen LogP contribution in [0.2, 0.25) is 0 Å². The highest BCUT2D eigenvalue weighted by Gasteiger charge is 2.12. The molecule has 3 aromatic rings. The van der Waals surface area contributed by atoms with Gasteiger partial charge in [-0.1, -0.05) is 72.8 Å². The normalized spacial score (nSPS) is 11.9. The van der Waals surface area contributed by atoms with Crippen LogP contribution < -0.4 is 0 Å². The Morgan fingerprint density at radius 3 is 2.30 bits per heavy atom. The second kappa shape index (κ2) is 5.59. The van der Waals surface area contributed by atoms with Gasteiger partial charge in [0, 0.05) is 0 Å². The molecule has 0 radical (unpaired) electrons. The van der Waals surface area contributed by atoms with E-state index in [-0.39, 0.29) is 5.92 Å². The van der Waals surface area contributed by atoms with Gasteiger partial charge in [-0.05, 0) is 28.3 Å². The predicted molar refractivity (Wildman–Crippen MR) is 82.4 cm³/mol. The van der Waals surface area contributed by atoms with Crippen molar-refractivity contribution in [3.8, 4) is 6.07 Å². The highest BCUT2D eigenvalue weighted by molar-refractivity contribution is 5.85. The molecule has 0 bridgehead atoms. The Morgan fingerprint density at radius 2 is 1.50 bits per heavy atom. The van der Waals surface area contributed by atoms with E-state index in [1.807, 2.05) is 36.4 Å². The van der Waals surface area contributed by atoms with Crippen LogP contribution in [0.1, 0.15) is 17.0 Å². The number of rotatable bonds is 3. The summed E-state index contributed by atoms with van der Waals surface area (Å²) in [6.45, 7) is 0. The molecule has 0 aliphatic heterocycles. The maximum atomic E-state index is 9.46. The van der Waals surface area contributed by atoms with Gasteiger partial charge < -0.3 is 0 Å². The van der Waals surface area contributed by atoms with E-state index in [4.69, 9.17) is 0 Å². The molecule has 0 fully saturated rings. The molecule has 0 N–H and O–H groups in total. The van der Waals surface area contributed by atoms with Crippen LogP contribution >= 0.6 is 0 Å². The summed E-state index contributed by atoms with van der Waals surface area (Å²) in [5.74, 6) is -0.0954. The van der Waals surface area contributed by atoms with Crippen LogP contribution in [0.4, 0.5) is 0 Å². The first-order valence-corrected chi connectivity index (χ1v) is 6.79. The van der Waals surface area contributed by atoms with Crippen LogP contribution in [0, 0.1) is 11.3 Å². The van der Waals surface area contributed by atoms with Gasteiger partial charge in [-0.3, -0.25) is 0 Å². The van der Waals surface area contributed by atoms with Crippen molar-refractivity contribution in [2.24, 2.45) is 0 Å². The van der Waals surface area contributed by atoms with E-state index in [0.717, 1.165) is 12.0 Å². The summed E-state index contributed by atoms with van der Waals surface area (Å²) >= 11 is 0. The second-order valence-electron chi connectivity index (χ2n) is 4.93. The minimum absolute atomic E-state index is 0.0954. The number of nitriles is 1. The van der Waals surface area contributed by atoms with Gasteiger partial charge in [0.25, 0.3) is 0 Å². The number of benzene rings is 3. The molecule has 0 aromatic heterocycles. The third-order valence-electron chi connectivity index (χ3n) is 3.66. The molecular formula is C19H15N. The molecule has 0 heterocycles. The Bertz CT molecular complexity index is 748. The number of hydrogen-bond acceptors (Lipinski definition) is 1. The molecule has 3 aromatic carbocycles. The highest BCUT2D eigenvalue weighted by atomic mass is 14.3. The Labute approximate surface area is 119 Å². The maximum absolute atomic E-state index is 9.46. The van der Waals surface area contributed by atoms with E-state index >= 15 is 0 Å². The zero-order valence-corrected chi connectivity index (χ0v) is 11.2. The standard InChI is InChI=1S/C19H15N/c20-14-18(15-7-2-1-3-8-15)13-17-11-6-10-16-9-4-5-12-19(16)17/h1-12,18H,13H2. The summed E-state index contributed by atoms with van der Waals surface area (Å²) in [5, 5.41) is 11.9. The van der Waals surface area contributed by atoms with Gasteiger partial charge in [0.2, 0.25) is 0 Å².